The minimum absolute atomic E-state index is 0.0262. The average Bonchev–Trinajstić information content (AvgIpc) is 3.16. The number of hydrogen-bond acceptors (Lipinski definition) is 3. The van der Waals surface area contributed by atoms with E-state index in [0.29, 0.717) is 0 Å². The van der Waals surface area contributed by atoms with Crippen LogP contribution in [0.1, 0.15) is 60.9 Å². The molecule has 2 atom stereocenters. The number of nitrogens with one attached hydrogen (secondary N) is 2. The first-order chi connectivity index (χ1) is 11.1. The molecule has 23 heavy (non-hydrogen) atoms. The van der Waals surface area contributed by atoms with Gasteiger partial charge in [-0.05, 0) is 46.1 Å². The van der Waals surface area contributed by atoms with Crippen LogP contribution in [-0.2, 0) is 0 Å². The van der Waals surface area contributed by atoms with Gasteiger partial charge in [0.25, 0.3) is 0 Å². The maximum Gasteiger partial charge on any atom is 0.318 e. The number of urea groups is 1. The number of rotatable bonds is 3. The monoisotopic (exact) mass is 316 g/mol. The lowest BCUT2D eigenvalue weighted by molar-refractivity contribution is 0.149. The Hall–Kier alpha value is -2.24. The number of aromatic nitrogens is 2. The van der Waals surface area contributed by atoms with E-state index >= 15 is 0 Å². The van der Waals surface area contributed by atoms with Crippen LogP contribution >= 0.6 is 0 Å². The lowest BCUT2D eigenvalue weighted by atomic mass is 9.98. The molecule has 0 radical (unpaired) electrons. The molecule has 1 aliphatic rings. The van der Waals surface area contributed by atoms with E-state index in [4.69, 9.17) is 4.42 Å². The summed E-state index contributed by atoms with van der Waals surface area (Å²) in [5.41, 5.74) is 2.11. The first-order valence-electron chi connectivity index (χ1n) is 8.19. The van der Waals surface area contributed by atoms with Crippen molar-refractivity contribution >= 4 is 6.03 Å². The van der Waals surface area contributed by atoms with Crippen LogP contribution in [0.15, 0.2) is 22.9 Å². The molecule has 1 fully saturated rings. The van der Waals surface area contributed by atoms with Gasteiger partial charge >= 0.3 is 6.03 Å². The number of aromatic amines is 1. The molecule has 2 N–H and O–H groups in total. The summed E-state index contributed by atoms with van der Waals surface area (Å²) < 4.78 is 5.57. The highest BCUT2D eigenvalue weighted by atomic mass is 16.3. The second-order valence-electron chi connectivity index (χ2n) is 6.28. The van der Waals surface area contributed by atoms with Crippen LogP contribution in [0.25, 0.3) is 0 Å². The van der Waals surface area contributed by atoms with Crippen molar-refractivity contribution in [1.82, 2.24) is 20.4 Å². The molecule has 3 rings (SSSR count). The summed E-state index contributed by atoms with van der Waals surface area (Å²) in [5, 5.41) is 9.97. The molecular formula is C17H24N4O2. The van der Waals surface area contributed by atoms with Gasteiger partial charge < -0.3 is 14.6 Å². The topological polar surface area (TPSA) is 74.2 Å². The molecule has 0 spiro atoms. The normalized spacial score (nSPS) is 19.6. The van der Waals surface area contributed by atoms with Crippen LogP contribution in [0, 0.1) is 13.8 Å². The fourth-order valence-electron chi connectivity index (χ4n) is 3.39. The lowest BCUT2D eigenvalue weighted by Gasteiger charge is -2.36. The highest BCUT2D eigenvalue weighted by molar-refractivity contribution is 5.75. The molecule has 6 heteroatoms. The maximum absolute atomic E-state index is 12.8. The van der Waals surface area contributed by atoms with Crippen LogP contribution in [0.2, 0.25) is 0 Å². The van der Waals surface area contributed by atoms with Gasteiger partial charge in [0.2, 0.25) is 0 Å². The number of amides is 2. The fourth-order valence-corrected chi connectivity index (χ4v) is 3.39. The number of piperidine rings is 1. The van der Waals surface area contributed by atoms with Crippen LogP contribution in [0.3, 0.4) is 0 Å². The zero-order valence-corrected chi connectivity index (χ0v) is 13.9. The van der Waals surface area contributed by atoms with Crippen molar-refractivity contribution in [2.75, 3.05) is 6.54 Å². The van der Waals surface area contributed by atoms with Crippen molar-refractivity contribution in [1.29, 1.82) is 0 Å². The van der Waals surface area contributed by atoms with Gasteiger partial charge in [-0.2, -0.15) is 5.10 Å². The van der Waals surface area contributed by atoms with Crippen molar-refractivity contribution < 1.29 is 9.21 Å². The predicted octanol–water partition coefficient (Wildman–Crippen LogP) is 3.62. The highest BCUT2D eigenvalue weighted by Gasteiger charge is 2.29. The molecule has 0 bridgehead atoms. The summed E-state index contributed by atoms with van der Waals surface area (Å²) in [6.45, 7) is 6.62. The molecule has 0 saturated carbocycles. The molecular weight excluding hydrogens is 292 g/mol. The quantitative estimate of drug-likeness (QED) is 0.908. The van der Waals surface area contributed by atoms with Crippen molar-refractivity contribution in [3.8, 4) is 0 Å². The van der Waals surface area contributed by atoms with E-state index in [9.17, 15) is 4.79 Å². The standard InChI is InChI=1S/C17H24N4O2/c1-11-8-15(13(3)23-11)12(2)20-17(22)21-7-5-4-6-16(21)14-9-18-19-10-14/h8-10,12,16H,4-7H2,1-3H3,(H,18,19)(H,20,22)/t12-,16-/m1/s1. The van der Waals surface area contributed by atoms with Crippen molar-refractivity contribution in [3.63, 3.8) is 0 Å². The lowest BCUT2D eigenvalue weighted by Crippen LogP contribution is -2.45. The van der Waals surface area contributed by atoms with Gasteiger partial charge in [-0.15, -0.1) is 0 Å². The third-order valence-electron chi connectivity index (χ3n) is 4.55. The molecule has 6 nitrogen and oxygen atoms in total. The summed E-state index contributed by atoms with van der Waals surface area (Å²) in [4.78, 5) is 14.7. The Balaban J connectivity index is 1.72. The first kappa shape index (κ1) is 15.6. The number of carbonyl (C=O) groups excluding carboxylic acids is 1. The fraction of sp³-hybridized carbons (Fsp3) is 0.529. The summed E-state index contributed by atoms with van der Waals surface area (Å²) in [6.07, 6.45) is 6.84. The molecule has 0 aliphatic carbocycles. The van der Waals surface area contributed by atoms with E-state index in [2.05, 4.69) is 15.5 Å². The van der Waals surface area contributed by atoms with E-state index in [1.54, 1.807) is 0 Å². The average molecular weight is 316 g/mol. The van der Waals surface area contributed by atoms with Crippen molar-refractivity contribution in [2.45, 2.75) is 52.1 Å². The number of hydrogen-bond donors (Lipinski definition) is 2. The van der Waals surface area contributed by atoms with Gasteiger partial charge in [-0.25, -0.2) is 4.79 Å². The number of H-pyrrole nitrogens is 1. The van der Waals surface area contributed by atoms with E-state index in [1.165, 1.54) is 0 Å². The number of furan rings is 1. The van der Waals surface area contributed by atoms with Gasteiger partial charge in [0.15, 0.2) is 0 Å². The minimum atomic E-state index is -0.0770. The number of likely N-dealkylation sites (tertiary alicyclic amines) is 1. The number of aryl methyl sites for hydroxylation is 2. The van der Waals surface area contributed by atoms with Crippen LogP contribution in [0.4, 0.5) is 4.79 Å². The maximum atomic E-state index is 12.8. The Morgan fingerprint density at radius 1 is 1.48 bits per heavy atom. The Bertz CT molecular complexity index is 662. The SMILES string of the molecule is Cc1cc([C@@H](C)NC(=O)N2CCCC[C@@H]2c2cn[nH]c2)c(C)o1. The molecule has 0 unspecified atom stereocenters. The molecule has 2 aromatic heterocycles. The molecule has 2 aromatic rings. The zero-order chi connectivity index (χ0) is 16.4. The van der Waals surface area contributed by atoms with Crippen molar-refractivity contribution in [3.05, 3.63) is 41.1 Å². The summed E-state index contributed by atoms with van der Waals surface area (Å²) in [5.74, 6) is 1.73. The van der Waals surface area contributed by atoms with E-state index in [0.717, 1.165) is 48.5 Å². The van der Waals surface area contributed by atoms with Gasteiger partial charge in [0.05, 0.1) is 18.3 Å². The Morgan fingerprint density at radius 2 is 2.30 bits per heavy atom. The van der Waals surface area contributed by atoms with Gasteiger partial charge in [-0.1, -0.05) is 0 Å². The molecule has 1 aliphatic heterocycles. The van der Waals surface area contributed by atoms with Crippen LogP contribution in [0.5, 0.6) is 0 Å². The Kier molecular flexibility index (Phi) is 4.41. The van der Waals surface area contributed by atoms with E-state index in [-0.39, 0.29) is 18.1 Å². The zero-order valence-electron chi connectivity index (χ0n) is 13.9. The minimum Gasteiger partial charge on any atom is -0.466 e. The summed E-state index contributed by atoms with van der Waals surface area (Å²) in [7, 11) is 0. The molecule has 2 amide bonds. The summed E-state index contributed by atoms with van der Waals surface area (Å²) in [6, 6.07) is 1.99. The highest BCUT2D eigenvalue weighted by Crippen LogP contribution is 2.31. The third kappa shape index (κ3) is 3.25. The predicted molar refractivity (Wildman–Crippen MR) is 87.0 cm³/mol. The second kappa shape index (κ2) is 6.48. The molecule has 124 valence electrons. The largest absolute Gasteiger partial charge is 0.466 e. The van der Waals surface area contributed by atoms with Crippen LogP contribution in [-0.4, -0.2) is 27.7 Å². The molecule has 0 aromatic carbocycles. The van der Waals surface area contributed by atoms with Gasteiger partial charge in [0.1, 0.15) is 11.5 Å². The van der Waals surface area contributed by atoms with Crippen molar-refractivity contribution in [2.24, 2.45) is 0 Å². The number of carbonyl (C=O) groups is 1. The molecule has 3 heterocycles. The van der Waals surface area contributed by atoms with Gasteiger partial charge in [0, 0.05) is 23.9 Å². The van der Waals surface area contributed by atoms with E-state index in [1.807, 2.05) is 44.1 Å². The van der Waals surface area contributed by atoms with E-state index < -0.39 is 0 Å². The Labute approximate surface area is 136 Å². The smallest absolute Gasteiger partial charge is 0.318 e. The Morgan fingerprint density at radius 3 is 2.96 bits per heavy atom. The molecule has 1 saturated heterocycles. The summed E-state index contributed by atoms with van der Waals surface area (Å²) >= 11 is 0. The third-order valence-corrected chi connectivity index (χ3v) is 4.55. The first-order valence-corrected chi connectivity index (χ1v) is 8.19. The second-order valence-corrected chi connectivity index (χ2v) is 6.28. The number of nitrogens with zero attached hydrogens (tertiary/aromatic N) is 2. The van der Waals surface area contributed by atoms with Gasteiger partial charge in [-0.3, -0.25) is 5.10 Å². The van der Waals surface area contributed by atoms with Crippen LogP contribution < -0.4 is 5.32 Å².